The summed E-state index contributed by atoms with van der Waals surface area (Å²) in [7, 11) is 1.38. The van der Waals surface area contributed by atoms with Crippen LogP contribution in [0.25, 0.3) is 54.9 Å². The van der Waals surface area contributed by atoms with Gasteiger partial charge in [-0.25, -0.2) is 9.78 Å². The van der Waals surface area contributed by atoms with Gasteiger partial charge in [-0.15, -0.1) is 0 Å². The molecule has 30 heavy (non-hydrogen) atoms. The molecular formula is C25H17N3O2. The SMILES string of the molecule is COC(=O)c1ccc2c(-c3nc4c5ccccc5c5ccccc5c4[nH]3)c[nH]c2c1. The Morgan fingerprint density at radius 2 is 1.57 bits per heavy atom. The molecular weight excluding hydrogens is 374 g/mol. The Kier molecular flexibility index (Phi) is 3.47. The number of imidazole rings is 1. The highest BCUT2D eigenvalue weighted by atomic mass is 16.5. The number of ether oxygens (including phenoxy) is 1. The molecule has 0 aliphatic heterocycles. The van der Waals surface area contributed by atoms with Crippen LogP contribution in [-0.2, 0) is 4.74 Å². The number of hydrogen-bond acceptors (Lipinski definition) is 3. The maximum absolute atomic E-state index is 11.8. The number of methoxy groups -OCH3 is 1. The van der Waals surface area contributed by atoms with Crippen LogP contribution in [0.3, 0.4) is 0 Å². The first-order valence-electron chi connectivity index (χ1n) is 9.73. The molecule has 2 aromatic heterocycles. The van der Waals surface area contributed by atoms with Gasteiger partial charge in [0.25, 0.3) is 0 Å². The van der Waals surface area contributed by atoms with Gasteiger partial charge in [0, 0.05) is 33.4 Å². The van der Waals surface area contributed by atoms with Gasteiger partial charge in [0.2, 0.25) is 0 Å². The van der Waals surface area contributed by atoms with Crippen LogP contribution in [0.15, 0.2) is 72.9 Å². The number of fused-ring (bicyclic) bond motifs is 7. The number of esters is 1. The number of aromatic amines is 2. The average molecular weight is 391 g/mol. The molecule has 5 nitrogen and oxygen atoms in total. The van der Waals surface area contributed by atoms with Crippen LogP contribution in [0.5, 0.6) is 0 Å². The van der Waals surface area contributed by atoms with Gasteiger partial charge in [-0.1, -0.05) is 54.6 Å². The largest absolute Gasteiger partial charge is 0.465 e. The highest BCUT2D eigenvalue weighted by molar-refractivity contribution is 6.23. The van der Waals surface area contributed by atoms with E-state index in [9.17, 15) is 4.79 Å². The van der Waals surface area contributed by atoms with Crippen molar-refractivity contribution in [2.45, 2.75) is 0 Å². The summed E-state index contributed by atoms with van der Waals surface area (Å²) in [6, 6.07) is 22.3. The van der Waals surface area contributed by atoms with Gasteiger partial charge in [0.05, 0.1) is 23.7 Å². The average Bonchev–Trinajstić information content (AvgIpc) is 3.43. The van der Waals surface area contributed by atoms with Gasteiger partial charge in [0.1, 0.15) is 5.82 Å². The molecule has 0 aliphatic carbocycles. The van der Waals surface area contributed by atoms with Crippen molar-refractivity contribution in [1.29, 1.82) is 0 Å². The minimum atomic E-state index is -0.352. The topological polar surface area (TPSA) is 70.8 Å². The maximum Gasteiger partial charge on any atom is 0.337 e. The summed E-state index contributed by atoms with van der Waals surface area (Å²) >= 11 is 0. The van der Waals surface area contributed by atoms with E-state index in [0.717, 1.165) is 44.1 Å². The molecule has 0 fully saturated rings. The maximum atomic E-state index is 11.8. The van der Waals surface area contributed by atoms with E-state index in [1.54, 1.807) is 12.1 Å². The monoisotopic (exact) mass is 391 g/mol. The van der Waals surface area contributed by atoms with Gasteiger partial charge in [-0.2, -0.15) is 0 Å². The Morgan fingerprint density at radius 3 is 2.33 bits per heavy atom. The molecule has 0 bridgehead atoms. The van der Waals surface area contributed by atoms with Crippen LogP contribution in [0.2, 0.25) is 0 Å². The summed E-state index contributed by atoms with van der Waals surface area (Å²) in [5.41, 5.74) is 4.33. The quantitative estimate of drug-likeness (QED) is 0.289. The first-order valence-corrected chi connectivity index (χ1v) is 9.73. The number of nitrogens with one attached hydrogen (secondary N) is 2. The first-order chi connectivity index (χ1) is 14.7. The van der Waals surface area contributed by atoms with E-state index in [0.29, 0.717) is 5.56 Å². The third-order valence-electron chi connectivity index (χ3n) is 5.73. The summed E-state index contributed by atoms with van der Waals surface area (Å²) in [5.74, 6) is 0.443. The molecule has 144 valence electrons. The fourth-order valence-corrected chi connectivity index (χ4v) is 4.32. The second-order valence-electron chi connectivity index (χ2n) is 7.35. The number of hydrogen-bond donors (Lipinski definition) is 2. The summed E-state index contributed by atoms with van der Waals surface area (Å²) in [4.78, 5) is 23.6. The molecule has 0 amide bonds. The van der Waals surface area contributed by atoms with Crippen molar-refractivity contribution in [3.8, 4) is 11.4 Å². The molecule has 0 unspecified atom stereocenters. The lowest BCUT2D eigenvalue weighted by atomic mass is 10.0. The van der Waals surface area contributed by atoms with E-state index in [1.165, 1.54) is 17.9 Å². The summed E-state index contributed by atoms with van der Waals surface area (Å²) in [6.45, 7) is 0. The number of rotatable bonds is 2. The second-order valence-corrected chi connectivity index (χ2v) is 7.35. The van der Waals surface area contributed by atoms with Crippen molar-refractivity contribution >= 4 is 49.5 Å². The fraction of sp³-hybridized carbons (Fsp3) is 0.0400. The third-order valence-corrected chi connectivity index (χ3v) is 5.73. The highest BCUT2D eigenvalue weighted by Gasteiger charge is 2.16. The lowest BCUT2D eigenvalue weighted by Crippen LogP contribution is -2.00. The van der Waals surface area contributed by atoms with Crippen molar-refractivity contribution in [3.05, 3.63) is 78.5 Å². The van der Waals surface area contributed by atoms with E-state index in [-0.39, 0.29) is 5.97 Å². The highest BCUT2D eigenvalue weighted by Crippen LogP contribution is 2.36. The number of carbonyl (C=O) groups is 1. The molecule has 4 aromatic carbocycles. The zero-order valence-electron chi connectivity index (χ0n) is 16.2. The van der Waals surface area contributed by atoms with Crippen LogP contribution in [-0.4, -0.2) is 28.0 Å². The zero-order chi connectivity index (χ0) is 20.2. The van der Waals surface area contributed by atoms with Crippen molar-refractivity contribution in [2.24, 2.45) is 0 Å². The van der Waals surface area contributed by atoms with E-state index >= 15 is 0 Å². The smallest absolute Gasteiger partial charge is 0.337 e. The van der Waals surface area contributed by atoms with Crippen molar-refractivity contribution in [2.75, 3.05) is 7.11 Å². The standard InChI is InChI=1S/C25H17N3O2/c1-30-25(29)14-10-11-17-20(13-26-21(17)12-14)24-27-22-18-8-4-2-6-15(18)16-7-3-5-9-19(16)23(22)28-24/h2-13,26H,1H3,(H,27,28). The molecule has 0 atom stereocenters. The van der Waals surface area contributed by atoms with Gasteiger partial charge in [-0.3, -0.25) is 0 Å². The Labute approximate surface area is 171 Å². The molecule has 2 N–H and O–H groups in total. The van der Waals surface area contributed by atoms with Crippen LogP contribution in [0, 0.1) is 0 Å². The van der Waals surface area contributed by atoms with Gasteiger partial charge < -0.3 is 14.7 Å². The molecule has 5 heteroatoms. The van der Waals surface area contributed by atoms with E-state index < -0.39 is 0 Å². The molecule has 0 spiro atoms. The van der Waals surface area contributed by atoms with Gasteiger partial charge in [0.15, 0.2) is 0 Å². The Balaban J connectivity index is 1.64. The normalized spacial score (nSPS) is 11.6. The molecule has 0 aliphatic rings. The predicted octanol–water partition coefficient (Wildman–Crippen LogP) is 5.80. The number of benzene rings is 4. The zero-order valence-corrected chi connectivity index (χ0v) is 16.2. The third kappa shape index (κ3) is 2.29. The van der Waals surface area contributed by atoms with E-state index in [4.69, 9.17) is 9.72 Å². The van der Waals surface area contributed by atoms with Crippen molar-refractivity contribution in [3.63, 3.8) is 0 Å². The summed E-state index contributed by atoms with van der Waals surface area (Å²) < 4.78 is 4.83. The lowest BCUT2D eigenvalue weighted by molar-refractivity contribution is 0.0601. The van der Waals surface area contributed by atoms with Crippen LogP contribution >= 0.6 is 0 Å². The molecule has 6 rings (SSSR count). The first kappa shape index (κ1) is 16.8. The van der Waals surface area contributed by atoms with Gasteiger partial charge >= 0.3 is 5.97 Å². The summed E-state index contributed by atoms with van der Waals surface area (Å²) in [6.07, 6.45) is 1.92. The Hall–Kier alpha value is -4.12. The predicted molar refractivity (Wildman–Crippen MR) is 120 cm³/mol. The number of aromatic nitrogens is 3. The molecule has 6 aromatic rings. The lowest BCUT2D eigenvalue weighted by Gasteiger charge is -2.05. The minimum absolute atomic E-state index is 0.352. The molecule has 0 saturated heterocycles. The van der Waals surface area contributed by atoms with Crippen molar-refractivity contribution < 1.29 is 9.53 Å². The second kappa shape index (κ2) is 6.19. The van der Waals surface area contributed by atoms with Gasteiger partial charge in [-0.05, 0) is 22.9 Å². The van der Waals surface area contributed by atoms with Crippen LogP contribution in [0.1, 0.15) is 10.4 Å². The number of H-pyrrole nitrogens is 2. The minimum Gasteiger partial charge on any atom is -0.465 e. The van der Waals surface area contributed by atoms with E-state index in [2.05, 4.69) is 52.4 Å². The van der Waals surface area contributed by atoms with Crippen LogP contribution < -0.4 is 0 Å². The molecule has 2 heterocycles. The fourth-order valence-electron chi connectivity index (χ4n) is 4.32. The number of nitrogens with zero attached hydrogens (tertiary/aromatic N) is 1. The number of carbonyl (C=O) groups excluding carboxylic acids is 1. The van der Waals surface area contributed by atoms with Crippen molar-refractivity contribution in [1.82, 2.24) is 15.0 Å². The van der Waals surface area contributed by atoms with E-state index in [1.807, 2.05) is 18.3 Å². The Bertz CT molecular complexity index is 1530. The van der Waals surface area contributed by atoms with Crippen LogP contribution in [0.4, 0.5) is 0 Å². The molecule has 0 saturated carbocycles. The molecule has 0 radical (unpaired) electrons. The summed E-state index contributed by atoms with van der Waals surface area (Å²) in [5, 5.41) is 5.67. The Morgan fingerprint density at radius 1 is 0.867 bits per heavy atom.